The fourth-order valence-electron chi connectivity index (χ4n) is 2.40. The van der Waals surface area contributed by atoms with E-state index in [0.717, 1.165) is 6.54 Å². The molecule has 0 aromatic carbocycles. The maximum absolute atomic E-state index is 4.05. The van der Waals surface area contributed by atoms with Gasteiger partial charge in [0.2, 0.25) is 0 Å². The number of rotatable bonds is 3. The van der Waals surface area contributed by atoms with E-state index in [1.54, 1.807) is 0 Å². The summed E-state index contributed by atoms with van der Waals surface area (Å²) in [6.45, 7) is 4.63. The van der Waals surface area contributed by atoms with Crippen molar-refractivity contribution in [1.82, 2.24) is 15.2 Å². The summed E-state index contributed by atoms with van der Waals surface area (Å²) in [7, 11) is 2.20. The van der Waals surface area contributed by atoms with E-state index in [0.29, 0.717) is 12.1 Å². The fourth-order valence-corrected chi connectivity index (χ4v) is 2.40. The Hall–Kier alpha value is -0.930. The van der Waals surface area contributed by atoms with Crippen molar-refractivity contribution in [2.24, 2.45) is 0 Å². The van der Waals surface area contributed by atoms with Gasteiger partial charge in [-0.25, -0.2) is 0 Å². The van der Waals surface area contributed by atoms with Gasteiger partial charge in [0.05, 0.1) is 0 Å². The summed E-state index contributed by atoms with van der Waals surface area (Å²) < 4.78 is 0. The number of piperidine rings is 1. The van der Waals surface area contributed by atoms with E-state index < -0.39 is 0 Å². The molecule has 0 bridgehead atoms. The van der Waals surface area contributed by atoms with Crippen molar-refractivity contribution in [3.8, 4) is 0 Å². The van der Waals surface area contributed by atoms with Gasteiger partial charge in [-0.3, -0.25) is 4.98 Å². The minimum Gasteiger partial charge on any atom is -0.306 e. The van der Waals surface area contributed by atoms with E-state index in [1.165, 1.54) is 24.9 Å². The molecule has 1 aromatic rings. The average Bonchev–Trinajstić information content (AvgIpc) is 2.30. The van der Waals surface area contributed by atoms with E-state index >= 15 is 0 Å². The number of nitrogens with zero attached hydrogens (tertiary/aromatic N) is 2. The van der Waals surface area contributed by atoms with E-state index in [9.17, 15) is 0 Å². The minimum atomic E-state index is 0.416. The first kappa shape index (κ1) is 11.6. The zero-order chi connectivity index (χ0) is 11.4. The standard InChI is InChI=1S/C13H21N3/c1-11(12-5-7-14-8-6-12)15-13-4-3-9-16(2)10-13/h5-8,11,13,15H,3-4,9-10H2,1-2H3. The zero-order valence-electron chi connectivity index (χ0n) is 10.2. The number of likely N-dealkylation sites (N-methyl/N-ethyl adjacent to an activating group) is 1. The molecule has 1 aliphatic heterocycles. The lowest BCUT2D eigenvalue weighted by Crippen LogP contribution is -2.44. The van der Waals surface area contributed by atoms with Gasteiger partial charge in [-0.05, 0) is 51.1 Å². The average molecular weight is 219 g/mol. The Bertz CT molecular complexity index is 312. The van der Waals surface area contributed by atoms with Crippen LogP contribution in [0.25, 0.3) is 0 Å². The maximum Gasteiger partial charge on any atom is 0.0296 e. The molecule has 2 atom stereocenters. The van der Waals surface area contributed by atoms with Crippen LogP contribution in [0.1, 0.15) is 31.4 Å². The monoisotopic (exact) mass is 219 g/mol. The molecular weight excluding hydrogens is 198 g/mol. The second-order valence-corrected chi connectivity index (χ2v) is 4.77. The molecule has 0 aliphatic carbocycles. The van der Waals surface area contributed by atoms with Crippen LogP contribution in [-0.2, 0) is 0 Å². The van der Waals surface area contributed by atoms with E-state index in [2.05, 4.69) is 41.3 Å². The van der Waals surface area contributed by atoms with Crippen LogP contribution < -0.4 is 5.32 Å². The van der Waals surface area contributed by atoms with Crippen molar-refractivity contribution < 1.29 is 0 Å². The summed E-state index contributed by atoms with van der Waals surface area (Å²) in [5, 5.41) is 3.70. The highest BCUT2D eigenvalue weighted by molar-refractivity contribution is 5.14. The van der Waals surface area contributed by atoms with Crippen molar-refractivity contribution in [3.63, 3.8) is 0 Å². The third-order valence-electron chi connectivity index (χ3n) is 3.32. The molecule has 2 heterocycles. The second-order valence-electron chi connectivity index (χ2n) is 4.77. The summed E-state index contributed by atoms with van der Waals surface area (Å²) in [6, 6.07) is 5.22. The Balaban J connectivity index is 1.89. The van der Waals surface area contributed by atoms with Crippen LogP contribution >= 0.6 is 0 Å². The predicted molar refractivity (Wildman–Crippen MR) is 66.3 cm³/mol. The molecule has 1 aliphatic rings. The van der Waals surface area contributed by atoms with Gasteiger partial charge in [-0.15, -0.1) is 0 Å². The summed E-state index contributed by atoms with van der Waals surface area (Å²) in [4.78, 5) is 6.45. The van der Waals surface area contributed by atoms with Crippen LogP contribution in [0.3, 0.4) is 0 Å². The highest BCUT2D eigenvalue weighted by Gasteiger charge is 2.18. The van der Waals surface area contributed by atoms with Gasteiger partial charge >= 0.3 is 0 Å². The van der Waals surface area contributed by atoms with Crippen LogP contribution in [0.2, 0.25) is 0 Å². The molecule has 0 amide bonds. The third kappa shape index (κ3) is 3.03. The highest BCUT2D eigenvalue weighted by atomic mass is 15.1. The molecule has 1 saturated heterocycles. The van der Waals surface area contributed by atoms with E-state index in [4.69, 9.17) is 0 Å². The van der Waals surface area contributed by atoms with Gasteiger partial charge in [0, 0.05) is 31.0 Å². The summed E-state index contributed by atoms with van der Waals surface area (Å²) in [6.07, 6.45) is 6.32. The minimum absolute atomic E-state index is 0.416. The smallest absolute Gasteiger partial charge is 0.0296 e. The first-order valence-corrected chi connectivity index (χ1v) is 6.10. The lowest BCUT2D eigenvalue weighted by molar-refractivity contribution is 0.218. The molecule has 2 rings (SSSR count). The summed E-state index contributed by atoms with van der Waals surface area (Å²) >= 11 is 0. The second kappa shape index (κ2) is 5.41. The van der Waals surface area contributed by atoms with Crippen LogP contribution in [-0.4, -0.2) is 36.1 Å². The van der Waals surface area contributed by atoms with E-state index in [-0.39, 0.29) is 0 Å². The highest BCUT2D eigenvalue weighted by Crippen LogP contribution is 2.15. The molecule has 0 spiro atoms. The first-order valence-electron chi connectivity index (χ1n) is 6.10. The Morgan fingerprint density at radius 3 is 2.88 bits per heavy atom. The summed E-state index contributed by atoms with van der Waals surface area (Å²) in [5.41, 5.74) is 1.32. The Kier molecular flexibility index (Phi) is 3.91. The molecule has 88 valence electrons. The van der Waals surface area contributed by atoms with Crippen molar-refractivity contribution in [3.05, 3.63) is 30.1 Å². The number of hydrogen-bond donors (Lipinski definition) is 1. The lowest BCUT2D eigenvalue weighted by atomic mass is 10.0. The molecule has 0 saturated carbocycles. The summed E-state index contributed by atoms with van der Waals surface area (Å²) in [5.74, 6) is 0. The number of pyridine rings is 1. The Morgan fingerprint density at radius 1 is 1.44 bits per heavy atom. The van der Waals surface area contributed by atoms with Gasteiger partial charge in [-0.1, -0.05) is 0 Å². The zero-order valence-corrected chi connectivity index (χ0v) is 10.2. The predicted octanol–water partition coefficient (Wildman–Crippen LogP) is 1.83. The molecule has 0 radical (unpaired) electrons. The quantitative estimate of drug-likeness (QED) is 0.840. The molecule has 3 nitrogen and oxygen atoms in total. The molecule has 1 aromatic heterocycles. The number of nitrogens with one attached hydrogen (secondary N) is 1. The molecular formula is C13H21N3. The Labute approximate surface area is 97.9 Å². The van der Waals surface area contributed by atoms with E-state index in [1.807, 2.05) is 12.4 Å². The maximum atomic E-state index is 4.05. The van der Waals surface area contributed by atoms with Gasteiger partial charge in [0.15, 0.2) is 0 Å². The number of aromatic nitrogens is 1. The van der Waals surface area contributed by atoms with Crippen LogP contribution in [0.15, 0.2) is 24.5 Å². The number of hydrogen-bond acceptors (Lipinski definition) is 3. The molecule has 3 heteroatoms. The Morgan fingerprint density at radius 2 is 2.19 bits per heavy atom. The van der Waals surface area contributed by atoms with Crippen molar-refractivity contribution >= 4 is 0 Å². The van der Waals surface area contributed by atoms with Crippen LogP contribution in [0.4, 0.5) is 0 Å². The fraction of sp³-hybridized carbons (Fsp3) is 0.615. The van der Waals surface area contributed by atoms with Gasteiger partial charge in [-0.2, -0.15) is 0 Å². The molecule has 1 fully saturated rings. The SMILES string of the molecule is CC(NC1CCCN(C)C1)c1ccncc1. The normalized spacial score (nSPS) is 24.2. The van der Waals surface area contributed by atoms with Crippen molar-refractivity contribution in [2.45, 2.75) is 31.8 Å². The third-order valence-corrected chi connectivity index (χ3v) is 3.32. The molecule has 1 N–H and O–H groups in total. The van der Waals surface area contributed by atoms with Crippen LogP contribution in [0, 0.1) is 0 Å². The van der Waals surface area contributed by atoms with Gasteiger partial charge in [0.25, 0.3) is 0 Å². The van der Waals surface area contributed by atoms with Crippen molar-refractivity contribution in [2.75, 3.05) is 20.1 Å². The molecule has 16 heavy (non-hydrogen) atoms. The largest absolute Gasteiger partial charge is 0.306 e. The first-order chi connectivity index (χ1) is 7.75. The lowest BCUT2D eigenvalue weighted by Gasteiger charge is -2.32. The van der Waals surface area contributed by atoms with Gasteiger partial charge < -0.3 is 10.2 Å². The molecule has 2 unspecified atom stereocenters. The van der Waals surface area contributed by atoms with Crippen molar-refractivity contribution in [1.29, 1.82) is 0 Å². The van der Waals surface area contributed by atoms with Gasteiger partial charge in [0.1, 0.15) is 0 Å². The number of likely N-dealkylation sites (tertiary alicyclic amines) is 1. The topological polar surface area (TPSA) is 28.2 Å². The van der Waals surface area contributed by atoms with Crippen LogP contribution in [0.5, 0.6) is 0 Å².